The van der Waals surface area contributed by atoms with E-state index in [4.69, 9.17) is 5.73 Å². The fourth-order valence-electron chi connectivity index (χ4n) is 2.72. The van der Waals surface area contributed by atoms with Crippen molar-refractivity contribution in [1.29, 1.82) is 0 Å². The van der Waals surface area contributed by atoms with E-state index in [2.05, 4.69) is 43.2 Å². The number of hydrogen-bond acceptors (Lipinski definition) is 3. The lowest BCUT2D eigenvalue weighted by Gasteiger charge is -2.28. The van der Waals surface area contributed by atoms with Gasteiger partial charge in [0, 0.05) is 19.3 Å². The van der Waals surface area contributed by atoms with Gasteiger partial charge in [0.25, 0.3) is 0 Å². The largest absolute Gasteiger partial charge is 0.374 e. The normalized spacial score (nSPS) is 16.1. The highest BCUT2D eigenvalue weighted by Crippen LogP contribution is 2.28. The third kappa shape index (κ3) is 3.31. The van der Waals surface area contributed by atoms with Gasteiger partial charge in [-0.25, -0.2) is 0 Å². The molecular formula is C16H25N3O. The Morgan fingerprint density at radius 2 is 2.20 bits per heavy atom. The topological polar surface area (TPSA) is 58.4 Å². The predicted octanol–water partition coefficient (Wildman–Crippen LogP) is 1.84. The van der Waals surface area contributed by atoms with Crippen molar-refractivity contribution in [3.05, 3.63) is 29.3 Å². The maximum Gasteiger partial charge on any atom is 0.239 e. The molecule has 1 aliphatic heterocycles. The average molecular weight is 275 g/mol. The van der Waals surface area contributed by atoms with Crippen LogP contribution in [0.5, 0.6) is 0 Å². The van der Waals surface area contributed by atoms with Gasteiger partial charge in [-0.3, -0.25) is 4.79 Å². The standard InChI is InChI=1S/C16H25N3O/c1-11(2)10-18-15(16(17)20)13-6-7-14-12(9-13)5-4-8-19(14)3/h6-7,9,11,15,18H,4-5,8,10H2,1-3H3,(H2,17,20). The molecule has 0 spiro atoms. The zero-order valence-corrected chi connectivity index (χ0v) is 12.6. The summed E-state index contributed by atoms with van der Waals surface area (Å²) in [7, 11) is 2.11. The van der Waals surface area contributed by atoms with Crippen LogP contribution in [-0.2, 0) is 11.2 Å². The van der Waals surface area contributed by atoms with Crippen LogP contribution in [0, 0.1) is 5.92 Å². The molecule has 3 N–H and O–H groups in total. The lowest BCUT2D eigenvalue weighted by Crippen LogP contribution is -2.36. The average Bonchev–Trinajstić information content (AvgIpc) is 2.38. The number of primary amides is 1. The van der Waals surface area contributed by atoms with E-state index < -0.39 is 6.04 Å². The molecule has 1 aliphatic rings. The molecule has 0 saturated carbocycles. The molecule has 0 radical (unpaired) electrons. The fourth-order valence-corrected chi connectivity index (χ4v) is 2.72. The minimum Gasteiger partial charge on any atom is -0.374 e. The number of fused-ring (bicyclic) bond motifs is 1. The first kappa shape index (κ1) is 14.9. The van der Waals surface area contributed by atoms with E-state index in [9.17, 15) is 4.79 Å². The van der Waals surface area contributed by atoms with Crippen molar-refractivity contribution in [2.45, 2.75) is 32.7 Å². The van der Waals surface area contributed by atoms with E-state index in [0.717, 1.165) is 31.5 Å². The first-order valence-electron chi connectivity index (χ1n) is 7.35. The van der Waals surface area contributed by atoms with Crippen molar-refractivity contribution >= 4 is 11.6 Å². The molecular weight excluding hydrogens is 250 g/mol. The van der Waals surface area contributed by atoms with E-state index in [-0.39, 0.29) is 5.91 Å². The molecule has 0 bridgehead atoms. The van der Waals surface area contributed by atoms with Crippen molar-refractivity contribution in [3.8, 4) is 0 Å². The Morgan fingerprint density at radius 1 is 1.45 bits per heavy atom. The number of hydrogen-bond donors (Lipinski definition) is 2. The molecule has 1 aromatic carbocycles. The monoisotopic (exact) mass is 275 g/mol. The third-order valence-electron chi connectivity index (χ3n) is 3.80. The molecule has 0 saturated heterocycles. The van der Waals surface area contributed by atoms with Gasteiger partial charge < -0.3 is 16.0 Å². The Balaban J connectivity index is 2.23. The minimum atomic E-state index is -0.394. The molecule has 1 atom stereocenters. The van der Waals surface area contributed by atoms with Crippen LogP contribution in [0.2, 0.25) is 0 Å². The Hall–Kier alpha value is -1.55. The molecule has 0 aliphatic carbocycles. The summed E-state index contributed by atoms with van der Waals surface area (Å²) in [6.07, 6.45) is 2.23. The molecule has 1 amide bonds. The van der Waals surface area contributed by atoms with E-state index in [0.29, 0.717) is 5.92 Å². The summed E-state index contributed by atoms with van der Waals surface area (Å²) in [6.45, 7) is 6.11. The van der Waals surface area contributed by atoms with Crippen LogP contribution in [-0.4, -0.2) is 26.0 Å². The first-order chi connectivity index (χ1) is 9.49. The highest BCUT2D eigenvalue weighted by atomic mass is 16.1. The van der Waals surface area contributed by atoms with Crippen molar-refractivity contribution in [1.82, 2.24) is 5.32 Å². The van der Waals surface area contributed by atoms with Gasteiger partial charge >= 0.3 is 0 Å². The van der Waals surface area contributed by atoms with Gasteiger partial charge in [0.05, 0.1) is 0 Å². The van der Waals surface area contributed by atoms with Gasteiger partial charge in [0.1, 0.15) is 6.04 Å². The molecule has 0 fully saturated rings. The highest BCUT2D eigenvalue weighted by molar-refractivity contribution is 5.81. The van der Waals surface area contributed by atoms with Crippen molar-refractivity contribution in [2.24, 2.45) is 11.7 Å². The van der Waals surface area contributed by atoms with E-state index in [1.165, 1.54) is 11.3 Å². The van der Waals surface area contributed by atoms with Gasteiger partial charge in [-0.05, 0) is 42.5 Å². The summed E-state index contributed by atoms with van der Waals surface area (Å²) >= 11 is 0. The number of aryl methyl sites for hydroxylation is 1. The molecule has 1 unspecified atom stereocenters. The second-order valence-electron chi connectivity index (χ2n) is 6.05. The summed E-state index contributed by atoms with van der Waals surface area (Å²) < 4.78 is 0. The van der Waals surface area contributed by atoms with Crippen LogP contribution in [0.25, 0.3) is 0 Å². The van der Waals surface area contributed by atoms with Crippen molar-refractivity contribution < 1.29 is 4.79 Å². The third-order valence-corrected chi connectivity index (χ3v) is 3.80. The lowest BCUT2D eigenvalue weighted by atomic mass is 9.96. The number of carbonyl (C=O) groups excluding carboxylic acids is 1. The zero-order valence-electron chi connectivity index (χ0n) is 12.6. The summed E-state index contributed by atoms with van der Waals surface area (Å²) in [4.78, 5) is 14.0. The number of nitrogens with one attached hydrogen (secondary N) is 1. The Labute approximate surface area is 121 Å². The highest BCUT2D eigenvalue weighted by Gasteiger charge is 2.20. The Kier molecular flexibility index (Phi) is 4.65. The van der Waals surface area contributed by atoms with E-state index >= 15 is 0 Å². The second-order valence-corrected chi connectivity index (χ2v) is 6.05. The van der Waals surface area contributed by atoms with Crippen molar-refractivity contribution in [3.63, 3.8) is 0 Å². The Morgan fingerprint density at radius 3 is 2.85 bits per heavy atom. The molecule has 20 heavy (non-hydrogen) atoms. The van der Waals surface area contributed by atoms with Gasteiger partial charge in [-0.15, -0.1) is 0 Å². The summed E-state index contributed by atoms with van der Waals surface area (Å²) in [5.41, 5.74) is 9.11. The summed E-state index contributed by atoms with van der Waals surface area (Å²) in [6, 6.07) is 5.86. The molecule has 4 heteroatoms. The van der Waals surface area contributed by atoms with Crippen molar-refractivity contribution in [2.75, 3.05) is 25.0 Å². The van der Waals surface area contributed by atoms with Crippen LogP contribution >= 0.6 is 0 Å². The number of benzene rings is 1. The molecule has 1 aromatic rings. The number of anilines is 1. The lowest BCUT2D eigenvalue weighted by molar-refractivity contribution is -0.120. The predicted molar refractivity (Wildman–Crippen MR) is 82.8 cm³/mol. The molecule has 0 aromatic heterocycles. The number of rotatable bonds is 5. The number of nitrogens with zero attached hydrogens (tertiary/aromatic N) is 1. The zero-order chi connectivity index (χ0) is 14.7. The van der Waals surface area contributed by atoms with Crippen LogP contribution in [0.15, 0.2) is 18.2 Å². The van der Waals surface area contributed by atoms with Crippen LogP contribution in [0.4, 0.5) is 5.69 Å². The van der Waals surface area contributed by atoms with Gasteiger partial charge in [-0.2, -0.15) is 0 Å². The SMILES string of the molecule is CC(C)CNC(C(N)=O)c1ccc2c(c1)CCCN2C. The van der Waals surface area contributed by atoms with E-state index in [1.54, 1.807) is 0 Å². The number of carbonyl (C=O) groups is 1. The molecule has 110 valence electrons. The van der Waals surface area contributed by atoms with E-state index in [1.807, 2.05) is 6.07 Å². The molecule has 4 nitrogen and oxygen atoms in total. The number of nitrogens with two attached hydrogens (primary N) is 1. The Bertz CT molecular complexity index is 485. The number of amides is 1. The van der Waals surface area contributed by atoms with Gasteiger partial charge in [0.2, 0.25) is 5.91 Å². The molecule has 2 rings (SSSR count). The van der Waals surface area contributed by atoms with Crippen LogP contribution in [0.1, 0.15) is 37.4 Å². The summed E-state index contributed by atoms with van der Waals surface area (Å²) in [5, 5.41) is 3.26. The van der Waals surface area contributed by atoms with Gasteiger partial charge in [-0.1, -0.05) is 26.0 Å². The fraction of sp³-hybridized carbons (Fsp3) is 0.562. The quantitative estimate of drug-likeness (QED) is 0.862. The summed E-state index contributed by atoms with van der Waals surface area (Å²) in [5.74, 6) is 0.176. The second kappa shape index (κ2) is 6.27. The first-order valence-corrected chi connectivity index (χ1v) is 7.35. The van der Waals surface area contributed by atoms with Crippen LogP contribution in [0.3, 0.4) is 0 Å². The minimum absolute atomic E-state index is 0.310. The van der Waals surface area contributed by atoms with Crippen LogP contribution < -0.4 is 16.0 Å². The smallest absolute Gasteiger partial charge is 0.239 e. The maximum absolute atomic E-state index is 11.7. The maximum atomic E-state index is 11.7. The molecule has 1 heterocycles. The van der Waals surface area contributed by atoms with Gasteiger partial charge in [0.15, 0.2) is 0 Å².